The predicted octanol–water partition coefficient (Wildman–Crippen LogP) is 5.67. The molecule has 5 heteroatoms. The summed E-state index contributed by atoms with van der Waals surface area (Å²) in [6.45, 7) is 0. The molecule has 0 aliphatic heterocycles. The van der Waals surface area contributed by atoms with Gasteiger partial charge in [0, 0.05) is 89.7 Å². The lowest BCUT2D eigenvalue weighted by Gasteiger charge is -2.27. The van der Waals surface area contributed by atoms with E-state index in [9.17, 15) is 5.41 Å². The van der Waals surface area contributed by atoms with Crippen molar-refractivity contribution in [2.75, 3.05) is 76.0 Å². The minimum atomic E-state index is 0.526. The summed E-state index contributed by atoms with van der Waals surface area (Å²) in [4.78, 5) is 8.57. The predicted molar refractivity (Wildman–Crippen MR) is 151 cm³/mol. The van der Waals surface area contributed by atoms with Crippen molar-refractivity contribution in [1.29, 1.82) is 5.41 Å². The third-order valence-corrected chi connectivity index (χ3v) is 6.39. The first-order valence-corrected chi connectivity index (χ1v) is 11.5. The number of benzene rings is 4. The minimum absolute atomic E-state index is 0.526. The zero-order valence-corrected chi connectivity index (χ0v) is 21.6. The van der Waals surface area contributed by atoms with Crippen LogP contribution in [0.15, 0.2) is 60.7 Å². The van der Waals surface area contributed by atoms with Crippen LogP contribution in [0.3, 0.4) is 0 Å². The van der Waals surface area contributed by atoms with E-state index < -0.39 is 0 Å². The van der Waals surface area contributed by atoms with Crippen LogP contribution in [-0.4, -0.2) is 62.1 Å². The Kier molecular flexibility index (Phi) is 6.13. The summed E-state index contributed by atoms with van der Waals surface area (Å²) in [6.07, 6.45) is 0. The minimum Gasteiger partial charge on any atom is -0.377 e. The van der Waals surface area contributed by atoms with Gasteiger partial charge in [0.15, 0.2) is 0 Å². The molecule has 4 aromatic rings. The molecule has 4 aromatic carbocycles. The molecule has 1 N–H and O–H groups in total. The molecule has 0 aliphatic rings. The second kappa shape index (κ2) is 8.90. The highest BCUT2D eigenvalue weighted by atomic mass is 15.1. The van der Waals surface area contributed by atoms with Crippen LogP contribution in [-0.2, 0) is 0 Å². The van der Waals surface area contributed by atoms with E-state index >= 15 is 0 Å². The Labute approximate surface area is 203 Å². The van der Waals surface area contributed by atoms with Gasteiger partial charge in [-0.2, -0.15) is 0 Å². The van der Waals surface area contributed by atoms with Gasteiger partial charge in [-0.15, -0.1) is 0 Å². The van der Waals surface area contributed by atoms with Crippen LogP contribution in [0.2, 0.25) is 0 Å². The van der Waals surface area contributed by atoms with Crippen LogP contribution >= 0.6 is 0 Å². The van der Waals surface area contributed by atoms with Gasteiger partial charge >= 0.3 is 0 Å². The van der Waals surface area contributed by atoms with Crippen LogP contribution in [0.1, 0.15) is 11.1 Å². The summed E-state index contributed by atoms with van der Waals surface area (Å²) in [5.74, 6) is 0. The SMILES string of the molecule is CN(C)c1cccc2ccc(C(=N)c3ccc4cccc(N(C)C)c4c3N(C)C)c(N(C)C)c12. The first-order valence-electron chi connectivity index (χ1n) is 11.5. The van der Waals surface area contributed by atoms with E-state index in [1.54, 1.807) is 0 Å². The molecule has 0 saturated carbocycles. The Morgan fingerprint density at radius 2 is 0.882 bits per heavy atom. The molecule has 34 heavy (non-hydrogen) atoms. The number of hydrogen-bond acceptors (Lipinski definition) is 5. The Bertz CT molecular complexity index is 1280. The van der Waals surface area contributed by atoms with E-state index in [2.05, 4.69) is 137 Å². The van der Waals surface area contributed by atoms with Gasteiger partial charge in [0.25, 0.3) is 0 Å². The van der Waals surface area contributed by atoms with E-state index in [1.807, 2.05) is 0 Å². The van der Waals surface area contributed by atoms with Crippen molar-refractivity contribution in [1.82, 2.24) is 0 Å². The third kappa shape index (κ3) is 3.81. The van der Waals surface area contributed by atoms with E-state index in [0.29, 0.717) is 5.71 Å². The monoisotopic (exact) mass is 453 g/mol. The highest BCUT2D eigenvalue weighted by molar-refractivity contribution is 6.24. The standard InChI is InChI=1S/C29H35N5/c1-31(2)23-13-9-11-19-15-17-21(28(25(19)23)33(5)6)27(30)22-18-16-20-12-10-14-24(32(3)4)26(20)29(22)34(7)8/h9-18,30H,1-8H3. The maximum Gasteiger partial charge on any atom is 0.0726 e. The van der Waals surface area contributed by atoms with E-state index in [1.165, 1.54) is 21.5 Å². The summed E-state index contributed by atoms with van der Waals surface area (Å²) < 4.78 is 0. The zero-order valence-electron chi connectivity index (χ0n) is 21.6. The van der Waals surface area contributed by atoms with Gasteiger partial charge in [0.2, 0.25) is 0 Å². The summed E-state index contributed by atoms with van der Waals surface area (Å²) in [6, 6.07) is 21.3. The molecule has 0 radical (unpaired) electrons. The number of hydrogen-bond donors (Lipinski definition) is 1. The number of anilines is 4. The topological polar surface area (TPSA) is 36.8 Å². The molecule has 0 heterocycles. The maximum atomic E-state index is 9.46. The van der Waals surface area contributed by atoms with E-state index in [4.69, 9.17) is 0 Å². The first kappa shape index (κ1) is 23.4. The van der Waals surface area contributed by atoms with Crippen LogP contribution in [0.25, 0.3) is 21.5 Å². The number of nitrogens with one attached hydrogen (secondary N) is 1. The molecule has 0 saturated heterocycles. The fraction of sp³-hybridized carbons (Fsp3) is 0.276. The maximum absolute atomic E-state index is 9.46. The summed E-state index contributed by atoms with van der Waals surface area (Å²) in [5, 5.41) is 14.1. The molecule has 176 valence electrons. The fourth-order valence-electron chi connectivity index (χ4n) is 4.91. The highest BCUT2D eigenvalue weighted by Gasteiger charge is 2.22. The van der Waals surface area contributed by atoms with Crippen molar-refractivity contribution >= 4 is 50.0 Å². The van der Waals surface area contributed by atoms with Gasteiger partial charge < -0.3 is 19.6 Å². The Morgan fingerprint density at radius 3 is 1.21 bits per heavy atom. The molecule has 4 rings (SSSR count). The number of rotatable bonds is 6. The van der Waals surface area contributed by atoms with Gasteiger partial charge in [-0.25, -0.2) is 0 Å². The van der Waals surface area contributed by atoms with Gasteiger partial charge in [-0.1, -0.05) is 48.5 Å². The van der Waals surface area contributed by atoms with E-state index in [0.717, 1.165) is 33.9 Å². The van der Waals surface area contributed by atoms with Crippen LogP contribution < -0.4 is 19.6 Å². The second-order valence-corrected chi connectivity index (χ2v) is 9.63. The molecule has 0 aromatic heterocycles. The van der Waals surface area contributed by atoms with Gasteiger partial charge in [-0.05, 0) is 22.9 Å². The van der Waals surface area contributed by atoms with Crippen LogP contribution in [0, 0.1) is 5.41 Å². The average Bonchev–Trinajstić information content (AvgIpc) is 2.80. The van der Waals surface area contributed by atoms with Crippen LogP contribution in [0.4, 0.5) is 22.7 Å². The van der Waals surface area contributed by atoms with Gasteiger partial charge in [0.05, 0.1) is 17.1 Å². The fourth-order valence-corrected chi connectivity index (χ4v) is 4.91. The van der Waals surface area contributed by atoms with Crippen LogP contribution in [0.5, 0.6) is 0 Å². The number of fused-ring (bicyclic) bond motifs is 2. The van der Waals surface area contributed by atoms with Gasteiger partial charge in [-0.3, -0.25) is 5.41 Å². The molecule has 5 nitrogen and oxygen atoms in total. The average molecular weight is 454 g/mol. The highest BCUT2D eigenvalue weighted by Crippen LogP contribution is 2.41. The second-order valence-electron chi connectivity index (χ2n) is 9.63. The summed E-state index contributed by atoms with van der Waals surface area (Å²) >= 11 is 0. The van der Waals surface area contributed by atoms with Crippen molar-refractivity contribution in [3.63, 3.8) is 0 Å². The molecule has 0 amide bonds. The van der Waals surface area contributed by atoms with Crippen molar-refractivity contribution in [3.05, 3.63) is 71.8 Å². The van der Waals surface area contributed by atoms with Gasteiger partial charge in [0.1, 0.15) is 0 Å². The van der Waals surface area contributed by atoms with Crippen molar-refractivity contribution in [3.8, 4) is 0 Å². The molecular formula is C29H35N5. The summed E-state index contributed by atoms with van der Waals surface area (Å²) in [5.41, 5.74) is 6.82. The largest absolute Gasteiger partial charge is 0.377 e. The molecule has 0 atom stereocenters. The Balaban J connectivity index is 2.06. The molecule has 0 unspecified atom stereocenters. The Hall–Kier alpha value is -3.73. The normalized spacial score (nSPS) is 11.1. The van der Waals surface area contributed by atoms with Crippen molar-refractivity contribution < 1.29 is 0 Å². The molecule has 0 bridgehead atoms. The van der Waals surface area contributed by atoms with Crippen molar-refractivity contribution in [2.24, 2.45) is 0 Å². The number of nitrogens with zero attached hydrogens (tertiary/aromatic N) is 4. The molecular weight excluding hydrogens is 418 g/mol. The third-order valence-electron chi connectivity index (χ3n) is 6.39. The first-order chi connectivity index (χ1) is 16.1. The molecule has 0 fully saturated rings. The lowest BCUT2D eigenvalue weighted by molar-refractivity contribution is 1.11. The van der Waals surface area contributed by atoms with Crippen molar-refractivity contribution in [2.45, 2.75) is 0 Å². The molecule has 0 spiro atoms. The summed E-state index contributed by atoms with van der Waals surface area (Å²) in [7, 11) is 16.5. The smallest absolute Gasteiger partial charge is 0.0726 e. The quantitative estimate of drug-likeness (QED) is 0.382. The Morgan fingerprint density at radius 1 is 0.500 bits per heavy atom. The zero-order chi connectivity index (χ0) is 24.7. The van der Waals surface area contributed by atoms with E-state index in [-0.39, 0.29) is 0 Å². The lowest BCUT2D eigenvalue weighted by Crippen LogP contribution is -2.20. The lowest BCUT2D eigenvalue weighted by atomic mass is 9.92. The molecule has 0 aliphatic carbocycles.